The van der Waals surface area contributed by atoms with Gasteiger partial charge in [-0.1, -0.05) is 18.2 Å². The lowest BCUT2D eigenvalue weighted by atomic mass is 10.1. The number of ether oxygens (including phenoxy) is 1. The van der Waals surface area contributed by atoms with Crippen LogP contribution < -0.4 is 10.2 Å². The second-order valence-corrected chi connectivity index (χ2v) is 5.87. The van der Waals surface area contributed by atoms with Crippen molar-refractivity contribution in [3.05, 3.63) is 30.3 Å². The summed E-state index contributed by atoms with van der Waals surface area (Å²) >= 11 is 0. The van der Waals surface area contributed by atoms with Crippen LogP contribution in [0.4, 0.5) is 5.69 Å². The Labute approximate surface area is 140 Å². The summed E-state index contributed by atoms with van der Waals surface area (Å²) in [5, 5.41) is 3.48. The molecule has 0 bridgehead atoms. The van der Waals surface area contributed by atoms with Gasteiger partial charge < -0.3 is 19.9 Å². The van der Waals surface area contributed by atoms with E-state index in [4.69, 9.17) is 4.74 Å². The maximum absolute atomic E-state index is 5.71. The standard InChI is InChI=1S/C18H30N4O/c1-4-23-17-10-13-22(14-11-17)18(19-2)20-12-15-21(3)16-8-6-5-7-9-16/h5-9,17H,4,10-15H2,1-3H3,(H,19,20). The highest BCUT2D eigenvalue weighted by Gasteiger charge is 2.21. The van der Waals surface area contributed by atoms with Gasteiger partial charge in [-0.25, -0.2) is 0 Å². The number of nitrogens with one attached hydrogen (secondary N) is 1. The first-order valence-corrected chi connectivity index (χ1v) is 8.58. The predicted molar refractivity (Wildman–Crippen MR) is 97.3 cm³/mol. The van der Waals surface area contributed by atoms with Gasteiger partial charge in [0.1, 0.15) is 0 Å². The van der Waals surface area contributed by atoms with E-state index in [9.17, 15) is 0 Å². The van der Waals surface area contributed by atoms with Crippen molar-refractivity contribution in [2.24, 2.45) is 4.99 Å². The quantitative estimate of drug-likeness (QED) is 0.645. The van der Waals surface area contributed by atoms with E-state index in [2.05, 4.69) is 58.3 Å². The average molecular weight is 318 g/mol. The van der Waals surface area contributed by atoms with Crippen LogP contribution in [-0.2, 0) is 4.74 Å². The highest BCUT2D eigenvalue weighted by Crippen LogP contribution is 2.14. The maximum atomic E-state index is 5.71. The fourth-order valence-corrected chi connectivity index (χ4v) is 2.95. The van der Waals surface area contributed by atoms with Crippen LogP contribution in [0, 0.1) is 0 Å². The molecule has 1 aliphatic heterocycles. The van der Waals surface area contributed by atoms with Gasteiger partial charge in [0.2, 0.25) is 0 Å². The Morgan fingerprint density at radius 1 is 1.30 bits per heavy atom. The van der Waals surface area contributed by atoms with Gasteiger partial charge in [-0.15, -0.1) is 0 Å². The Morgan fingerprint density at radius 3 is 2.61 bits per heavy atom. The normalized spacial score (nSPS) is 16.5. The molecular weight excluding hydrogens is 288 g/mol. The first kappa shape index (κ1) is 17.6. The summed E-state index contributed by atoms with van der Waals surface area (Å²) in [6.07, 6.45) is 2.58. The highest BCUT2D eigenvalue weighted by atomic mass is 16.5. The molecule has 0 atom stereocenters. The van der Waals surface area contributed by atoms with E-state index in [-0.39, 0.29) is 0 Å². The minimum absolute atomic E-state index is 0.415. The maximum Gasteiger partial charge on any atom is 0.193 e. The third-order valence-corrected chi connectivity index (χ3v) is 4.28. The van der Waals surface area contributed by atoms with E-state index in [0.29, 0.717) is 6.10 Å². The number of rotatable bonds is 6. The number of likely N-dealkylation sites (tertiary alicyclic amines) is 1. The van der Waals surface area contributed by atoms with Crippen LogP contribution in [0.1, 0.15) is 19.8 Å². The Kier molecular flexibility index (Phi) is 7.20. The lowest BCUT2D eigenvalue weighted by molar-refractivity contribution is 0.0264. The van der Waals surface area contributed by atoms with Crippen molar-refractivity contribution in [1.29, 1.82) is 0 Å². The zero-order valence-corrected chi connectivity index (χ0v) is 14.7. The molecule has 1 aliphatic rings. The number of guanidine groups is 1. The van der Waals surface area contributed by atoms with Crippen LogP contribution in [0.15, 0.2) is 35.3 Å². The molecular formula is C18H30N4O. The van der Waals surface area contributed by atoms with Gasteiger partial charge in [-0.2, -0.15) is 0 Å². The van der Waals surface area contributed by atoms with E-state index in [0.717, 1.165) is 51.6 Å². The van der Waals surface area contributed by atoms with Gasteiger partial charge >= 0.3 is 0 Å². The molecule has 0 amide bonds. The summed E-state index contributed by atoms with van der Waals surface area (Å²) in [5.41, 5.74) is 1.24. The van der Waals surface area contributed by atoms with Crippen molar-refractivity contribution in [2.45, 2.75) is 25.9 Å². The first-order valence-electron chi connectivity index (χ1n) is 8.58. The Morgan fingerprint density at radius 2 is 2.00 bits per heavy atom. The van der Waals surface area contributed by atoms with Gasteiger partial charge in [-0.3, -0.25) is 4.99 Å². The minimum Gasteiger partial charge on any atom is -0.378 e. The molecule has 1 aromatic rings. The number of piperidine rings is 1. The molecule has 0 aromatic heterocycles. The van der Waals surface area contributed by atoms with Crippen LogP contribution in [0.25, 0.3) is 0 Å². The second kappa shape index (κ2) is 9.40. The smallest absolute Gasteiger partial charge is 0.193 e. The van der Waals surface area contributed by atoms with Crippen molar-refractivity contribution < 1.29 is 4.74 Å². The summed E-state index contributed by atoms with van der Waals surface area (Å²) in [4.78, 5) is 9.01. The van der Waals surface area contributed by atoms with Crippen LogP contribution in [0.2, 0.25) is 0 Å². The van der Waals surface area contributed by atoms with E-state index in [1.807, 2.05) is 13.1 Å². The number of hydrogen-bond donors (Lipinski definition) is 1. The van der Waals surface area contributed by atoms with Crippen LogP contribution >= 0.6 is 0 Å². The average Bonchev–Trinajstić information content (AvgIpc) is 2.60. The molecule has 1 fully saturated rings. The monoisotopic (exact) mass is 318 g/mol. The lowest BCUT2D eigenvalue weighted by Gasteiger charge is -2.34. The largest absolute Gasteiger partial charge is 0.378 e. The van der Waals surface area contributed by atoms with Gasteiger partial charge in [0.25, 0.3) is 0 Å². The number of likely N-dealkylation sites (N-methyl/N-ethyl adjacent to an activating group) is 1. The van der Waals surface area contributed by atoms with Crippen molar-refractivity contribution in [1.82, 2.24) is 10.2 Å². The Balaban J connectivity index is 1.73. The summed E-state index contributed by atoms with van der Waals surface area (Å²) in [5.74, 6) is 1.00. The Hall–Kier alpha value is -1.75. The molecule has 1 saturated heterocycles. The highest BCUT2D eigenvalue weighted by molar-refractivity contribution is 5.80. The van der Waals surface area contributed by atoms with E-state index >= 15 is 0 Å². The minimum atomic E-state index is 0.415. The summed E-state index contributed by atoms with van der Waals surface area (Å²) < 4.78 is 5.71. The lowest BCUT2D eigenvalue weighted by Crippen LogP contribution is -2.48. The topological polar surface area (TPSA) is 40.1 Å². The molecule has 128 valence electrons. The first-order chi connectivity index (χ1) is 11.2. The van der Waals surface area contributed by atoms with E-state index < -0.39 is 0 Å². The molecule has 1 aromatic carbocycles. The fourth-order valence-electron chi connectivity index (χ4n) is 2.95. The molecule has 5 heteroatoms. The van der Waals surface area contributed by atoms with Crippen LogP contribution in [0.3, 0.4) is 0 Å². The molecule has 0 saturated carbocycles. The molecule has 5 nitrogen and oxygen atoms in total. The third kappa shape index (κ3) is 5.43. The molecule has 0 unspecified atom stereocenters. The van der Waals surface area contributed by atoms with E-state index in [1.54, 1.807) is 0 Å². The second-order valence-electron chi connectivity index (χ2n) is 5.87. The fraction of sp³-hybridized carbons (Fsp3) is 0.611. The van der Waals surface area contributed by atoms with Crippen LogP contribution in [0.5, 0.6) is 0 Å². The van der Waals surface area contributed by atoms with Crippen molar-refractivity contribution in [3.8, 4) is 0 Å². The third-order valence-electron chi connectivity index (χ3n) is 4.28. The molecule has 23 heavy (non-hydrogen) atoms. The van der Waals surface area contributed by atoms with Crippen LogP contribution in [-0.4, -0.2) is 63.8 Å². The van der Waals surface area contributed by atoms with Crippen molar-refractivity contribution >= 4 is 11.6 Å². The summed E-state index contributed by atoms with van der Waals surface area (Å²) in [7, 11) is 3.98. The summed E-state index contributed by atoms with van der Waals surface area (Å²) in [6, 6.07) is 10.4. The van der Waals surface area contributed by atoms with E-state index in [1.165, 1.54) is 5.69 Å². The molecule has 2 rings (SSSR count). The van der Waals surface area contributed by atoms with Gasteiger partial charge in [0, 0.05) is 52.6 Å². The zero-order valence-electron chi connectivity index (χ0n) is 14.7. The number of benzene rings is 1. The van der Waals surface area contributed by atoms with Gasteiger partial charge in [0.15, 0.2) is 5.96 Å². The molecule has 1 N–H and O–H groups in total. The number of aliphatic imine (C=N–C) groups is 1. The molecule has 0 aliphatic carbocycles. The molecule has 1 heterocycles. The SMILES string of the molecule is CCOC1CCN(C(=NC)NCCN(C)c2ccccc2)CC1. The number of para-hydroxylation sites is 1. The van der Waals surface area contributed by atoms with Crippen molar-refractivity contribution in [2.75, 3.05) is 51.8 Å². The number of anilines is 1. The van der Waals surface area contributed by atoms with Gasteiger partial charge in [0.05, 0.1) is 6.10 Å². The number of hydrogen-bond acceptors (Lipinski definition) is 3. The Bertz CT molecular complexity index is 469. The van der Waals surface area contributed by atoms with Crippen molar-refractivity contribution in [3.63, 3.8) is 0 Å². The van der Waals surface area contributed by atoms with Gasteiger partial charge in [-0.05, 0) is 31.9 Å². The number of nitrogens with zero attached hydrogens (tertiary/aromatic N) is 3. The summed E-state index contributed by atoms with van der Waals surface area (Å²) in [6.45, 7) is 6.72. The predicted octanol–water partition coefficient (Wildman–Crippen LogP) is 2.20. The molecule has 0 radical (unpaired) electrons. The zero-order chi connectivity index (χ0) is 16.5. The molecule has 0 spiro atoms.